The van der Waals surface area contributed by atoms with Gasteiger partial charge >= 0.3 is 0 Å². The highest BCUT2D eigenvalue weighted by molar-refractivity contribution is 5.09. The average molecular weight is 111 g/mol. The van der Waals surface area contributed by atoms with Gasteiger partial charge in [-0.05, 0) is 13.8 Å². The fourth-order valence-electron chi connectivity index (χ4n) is 0.226. The fourth-order valence-corrected chi connectivity index (χ4v) is 0.226. The quantitative estimate of drug-likeness (QED) is 0.371. The molecule has 0 atom stereocenters. The third kappa shape index (κ3) is 1.65. The van der Waals surface area contributed by atoms with E-state index in [-0.39, 0.29) is 0 Å². The SMILES string of the molecule is [C-]#[N+]/C(C)=C(/C)OC. The average Bonchev–Trinajstić information content (AvgIpc) is 1.84. The predicted molar refractivity (Wildman–Crippen MR) is 32.0 cm³/mol. The molecule has 0 saturated heterocycles. The van der Waals surface area contributed by atoms with Crippen LogP contribution in [-0.4, -0.2) is 7.11 Å². The molecule has 0 heterocycles. The summed E-state index contributed by atoms with van der Waals surface area (Å²) >= 11 is 0. The number of hydrogen-bond acceptors (Lipinski definition) is 1. The van der Waals surface area contributed by atoms with E-state index in [1.165, 1.54) is 0 Å². The van der Waals surface area contributed by atoms with Crippen molar-refractivity contribution >= 4 is 0 Å². The summed E-state index contributed by atoms with van der Waals surface area (Å²) in [6.07, 6.45) is 0. The van der Waals surface area contributed by atoms with Crippen molar-refractivity contribution in [3.8, 4) is 0 Å². The third-order valence-corrected chi connectivity index (χ3v) is 0.983. The van der Waals surface area contributed by atoms with Crippen molar-refractivity contribution in [3.63, 3.8) is 0 Å². The Hall–Kier alpha value is -0.970. The zero-order valence-corrected chi connectivity index (χ0v) is 5.36. The molecule has 0 saturated carbocycles. The van der Waals surface area contributed by atoms with Gasteiger partial charge in [-0.2, -0.15) is 0 Å². The van der Waals surface area contributed by atoms with Crippen molar-refractivity contribution in [1.29, 1.82) is 0 Å². The smallest absolute Gasteiger partial charge is 0.198 e. The summed E-state index contributed by atoms with van der Waals surface area (Å²) < 4.78 is 4.77. The van der Waals surface area contributed by atoms with Crippen LogP contribution in [0.1, 0.15) is 13.8 Å². The third-order valence-electron chi connectivity index (χ3n) is 0.983. The van der Waals surface area contributed by atoms with Crippen LogP contribution in [0.15, 0.2) is 11.5 Å². The first kappa shape index (κ1) is 7.03. The summed E-state index contributed by atoms with van der Waals surface area (Å²) in [5.74, 6) is 0.694. The lowest BCUT2D eigenvalue weighted by Crippen LogP contribution is -1.80. The summed E-state index contributed by atoms with van der Waals surface area (Å²) in [5, 5.41) is 0. The van der Waals surface area contributed by atoms with Gasteiger partial charge in [-0.25, -0.2) is 4.85 Å². The molecule has 0 fully saturated rings. The number of hydrogen-bond donors (Lipinski definition) is 0. The van der Waals surface area contributed by atoms with E-state index in [1.54, 1.807) is 21.0 Å². The first-order valence-corrected chi connectivity index (χ1v) is 2.31. The topological polar surface area (TPSA) is 13.6 Å². The Balaban J connectivity index is 4.10. The number of nitrogens with zero attached hydrogens (tertiary/aromatic N) is 1. The van der Waals surface area contributed by atoms with Crippen molar-refractivity contribution < 1.29 is 4.74 Å². The monoisotopic (exact) mass is 111 g/mol. The van der Waals surface area contributed by atoms with E-state index in [1.807, 2.05) is 0 Å². The Labute approximate surface area is 49.6 Å². The molecule has 0 unspecified atom stereocenters. The van der Waals surface area contributed by atoms with E-state index < -0.39 is 0 Å². The molecular formula is C6H9NO. The zero-order valence-electron chi connectivity index (χ0n) is 5.36. The van der Waals surface area contributed by atoms with Gasteiger partial charge in [-0.3, -0.25) is 0 Å². The maximum atomic E-state index is 6.53. The molecule has 0 aliphatic heterocycles. The Morgan fingerprint density at radius 1 is 1.50 bits per heavy atom. The highest BCUT2D eigenvalue weighted by Gasteiger charge is 1.90. The molecule has 0 aromatic rings. The van der Waals surface area contributed by atoms with Crippen molar-refractivity contribution in [2.75, 3.05) is 7.11 Å². The standard InChI is InChI=1S/C6H9NO/c1-5(7-3)6(2)8-4/h1-2,4H3/b6-5-. The molecule has 0 aliphatic carbocycles. The maximum absolute atomic E-state index is 6.53. The lowest BCUT2D eigenvalue weighted by molar-refractivity contribution is 0.290. The predicted octanol–water partition coefficient (Wildman–Crippen LogP) is 1.80. The first-order valence-electron chi connectivity index (χ1n) is 2.31. The van der Waals surface area contributed by atoms with Crippen LogP contribution < -0.4 is 0 Å². The largest absolute Gasteiger partial charge is 0.513 e. The van der Waals surface area contributed by atoms with E-state index >= 15 is 0 Å². The molecule has 0 radical (unpaired) electrons. The highest BCUT2D eigenvalue weighted by Crippen LogP contribution is 2.02. The Kier molecular flexibility index (Phi) is 2.71. The van der Waals surface area contributed by atoms with Crippen LogP contribution in [0.3, 0.4) is 0 Å². The van der Waals surface area contributed by atoms with Crippen LogP contribution in [0.4, 0.5) is 0 Å². The van der Waals surface area contributed by atoms with Gasteiger partial charge in [-0.15, -0.1) is 0 Å². The molecular weight excluding hydrogens is 102 g/mol. The van der Waals surface area contributed by atoms with Crippen LogP contribution >= 0.6 is 0 Å². The molecule has 8 heavy (non-hydrogen) atoms. The van der Waals surface area contributed by atoms with Gasteiger partial charge in [0, 0.05) is 0 Å². The van der Waals surface area contributed by atoms with Gasteiger partial charge in [0.1, 0.15) is 0 Å². The normalized spacial score (nSPS) is 11.8. The Bertz CT molecular complexity index is 141. The molecule has 2 heteroatoms. The van der Waals surface area contributed by atoms with Crippen LogP contribution in [0.5, 0.6) is 0 Å². The molecule has 0 aromatic carbocycles. The lowest BCUT2D eigenvalue weighted by Gasteiger charge is -1.96. The van der Waals surface area contributed by atoms with Gasteiger partial charge in [0.05, 0.1) is 19.4 Å². The van der Waals surface area contributed by atoms with Gasteiger partial charge in [-0.1, -0.05) is 0 Å². The summed E-state index contributed by atoms with van der Waals surface area (Å²) in [4.78, 5) is 3.16. The molecule has 0 rings (SSSR count). The molecule has 0 aliphatic rings. The van der Waals surface area contributed by atoms with Gasteiger partial charge in [0.2, 0.25) is 0 Å². The number of methoxy groups -OCH3 is 1. The van der Waals surface area contributed by atoms with E-state index in [0.717, 1.165) is 0 Å². The van der Waals surface area contributed by atoms with Gasteiger partial charge < -0.3 is 4.74 Å². The molecule has 0 bridgehead atoms. The molecule has 0 N–H and O–H groups in total. The fraction of sp³-hybridized carbons (Fsp3) is 0.500. The minimum Gasteiger partial charge on any atom is -0.513 e. The summed E-state index contributed by atoms with van der Waals surface area (Å²) in [7, 11) is 1.56. The number of allylic oxidation sites excluding steroid dienone is 2. The minimum absolute atomic E-state index is 0.618. The molecule has 0 amide bonds. The number of ether oxygens (including phenoxy) is 1. The van der Waals surface area contributed by atoms with Crippen molar-refractivity contribution in [3.05, 3.63) is 22.9 Å². The first-order chi connectivity index (χ1) is 3.72. The molecule has 2 nitrogen and oxygen atoms in total. The maximum Gasteiger partial charge on any atom is 0.198 e. The summed E-state index contributed by atoms with van der Waals surface area (Å²) in [6, 6.07) is 0. The highest BCUT2D eigenvalue weighted by atomic mass is 16.5. The van der Waals surface area contributed by atoms with E-state index in [0.29, 0.717) is 11.5 Å². The summed E-state index contributed by atoms with van der Waals surface area (Å²) in [6.45, 7) is 10.0. The van der Waals surface area contributed by atoms with E-state index in [2.05, 4.69) is 4.85 Å². The van der Waals surface area contributed by atoms with Crippen LogP contribution in [0.2, 0.25) is 0 Å². The van der Waals surface area contributed by atoms with Gasteiger partial charge in [0.15, 0.2) is 5.70 Å². The van der Waals surface area contributed by atoms with Crippen molar-refractivity contribution in [1.82, 2.24) is 0 Å². The van der Waals surface area contributed by atoms with E-state index in [4.69, 9.17) is 11.3 Å². The van der Waals surface area contributed by atoms with Crippen LogP contribution in [0.25, 0.3) is 4.85 Å². The zero-order chi connectivity index (χ0) is 6.57. The number of rotatable bonds is 1. The van der Waals surface area contributed by atoms with Gasteiger partial charge in [0.25, 0.3) is 0 Å². The van der Waals surface area contributed by atoms with Crippen molar-refractivity contribution in [2.45, 2.75) is 13.8 Å². The summed E-state index contributed by atoms with van der Waals surface area (Å²) in [5.41, 5.74) is 0.618. The van der Waals surface area contributed by atoms with E-state index in [9.17, 15) is 0 Å². The van der Waals surface area contributed by atoms with Crippen molar-refractivity contribution in [2.24, 2.45) is 0 Å². The molecule has 0 spiro atoms. The second kappa shape index (κ2) is 3.09. The Morgan fingerprint density at radius 2 is 2.00 bits per heavy atom. The Morgan fingerprint density at radius 3 is 2.12 bits per heavy atom. The minimum atomic E-state index is 0.618. The van der Waals surface area contributed by atoms with Crippen LogP contribution in [-0.2, 0) is 4.74 Å². The second-order valence-corrected chi connectivity index (χ2v) is 1.46. The molecule has 0 aromatic heterocycles. The van der Waals surface area contributed by atoms with Crippen LogP contribution in [0, 0.1) is 6.57 Å². The molecule has 44 valence electrons. The second-order valence-electron chi connectivity index (χ2n) is 1.46. The lowest BCUT2D eigenvalue weighted by atomic mass is 10.4.